The number of hydrogen-bond donors (Lipinski definition) is 0. The molecule has 1 heterocycles. The van der Waals surface area contributed by atoms with E-state index in [0.717, 1.165) is 21.9 Å². The predicted octanol–water partition coefficient (Wildman–Crippen LogP) is 5.67. The van der Waals surface area contributed by atoms with E-state index < -0.39 is 0 Å². The lowest BCUT2D eigenvalue weighted by Crippen LogP contribution is -2.28. The molecule has 144 valence electrons. The molecule has 4 heteroatoms. The average molecular weight is 399 g/mol. The molecular formula is C25H22N2OS. The van der Waals surface area contributed by atoms with E-state index in [1.165, 1.54) is 17.3 Å². The summed E-state index contributed by atoms with van der Waals surface area (Å²) < 4.78 is 0. The normalized spacial score (nSPS) is 16.7. The number of aryl methyl sites for hydroxylation is 1. The summed E-state index contributed by atoms with van der Waals surface area (Å²) in [6.07, 6.45) is 1.95. The SMILES string of the molecule is Cc1ccc(C=C2SC(=NCc3ccccc3)N(Cc3ccccc3)C2=O)cc1. The Morgan fingerprint density at radius 2 is 1.48 bits per heavy atom. The number of carbonyl (C=O) groups excluding carboxylic acids is 1. The van der Waals surface area contributed by atoms with E-state index >= 15 is 0 Å². The monoisotopic (exact) mass is 398 g/mol. The first-order valence-electron chi connectivity index (χ1n) is 9.59. The number of carbonyl (C=O) groups is 1. The second-order valence-electron chi connectivity index (χ2n) is 6.98. The van der Waals surface area contributed by atoms with Gasteiger partial charge in [-0.25, -0.2) is 0 Å². The largest absolute Gasteiger partial charge is 0.282 e. The van der Waals surface area contributed by atoms with Gasteiger partial charge in [-0.3, -0.25) is 14.7 Å². The van der Waals surface area contributed by atoms with Crippen molar-refractivity contribution in [2.45, 2.75) is 20.0 Å². The Balaban J connectivity index is 1.62. The summed E-state index contributed by atoms with van der Waals surface area (Å²) in [5.74, 6) is 0.00578. The fraction of sp³-hybridized carbons (Fsp3) is 0.120. The first-order chi connectivity index (χ1) is 14.2. The number of hydrogen-bond acceptors (Lipinski definition) is 3. The van der Waals surface area contributed by atoms with Crippen LogP contribution >= 0.6 is 11.8 Å². The Hall–Kier alpha value is -3.11. The Morgan fingerprint density at radius 1 is 0.862 bits per heavy atom. The maximum atomic E-state index is 13.2. The van der Waals surface area contributed by atoms with Gasteiger partial charge in [0.2, 0.25) is 0 Å². The van der Waals surface area contributed by atoms with E-state index in [0.29, 0.717) is 18.0 Å². The molecule has 3 aromatic carbocycles. The van der Waals surface area contributed by atoms with Crippen LogP contribution in [0.3, 0.4) is 0 Å². The quantitative estimate of drug-likeness (QED) is 0.519. The first kappa shape index (κ1) is 19.2. The molecule has 1 aliphatic rings. The highest BCUT2D eigenvalue weighted by Gasteiger charge is 2.33. The van der Waals surface area contributed by atoms with Crippen molar-refractivity contribution in [3.05, 3.63) is 112 Å². The third-order valence-electron chi connectivity index (χ3n) is 4.69. The van der Waals surface area contributed by atoms with Gasteiger partial charge in [0.15, 0.2) is 5.17 Å². The van der Waals surface area contributed by atoms with Gasteiger partial charge in [-0.05, 0) is 41.5 Å². The van der Waals surface area contributed by atoms with Crippen LogP contribution in [0, 0.1) is 6.92 Å². The molecule has 0 bridgehead atoms. The molecule has 3 nitrogen and oxygen atoms in total. The van der Waals surface area contributed by atoms with Crippen molar-refractivity contribution in [2.75, 3.05) is 0 Å². The highest BCUT2D eigenvalue weighted by atomic mass is 32.2. The number of aliphatic imine (C=N–C) groups is 1. The van der Waals surface area contributed by atoms with Crippen LogP contribution in [0.25, 0.3) is 6.08 Å². The number of amidine groups is 1. The van der Waals surface area contributed by atoms with Crippen LogP contribution in [0.2, 0.25) is 0 Å². The standard InChI is InChI=1S/C25H22N2OS/c1-19-12-14-20(15-13-19)16-23-24(28)27(18-22-10-6-3-7-11-22)25(29-23)26-17-21-8-4-2-5-9-21/h2-16H,17-18H2,1H3. The molecular weight excluding hydrogens is 376 g/mol. The molecule has 0 unspecified atom stereocenters. The van der Waals surface area contributed by atoms with Crippen molar-refractivity contribution in [3.63, 3.8) is 0 Å². The summed E-state index contributed by atoms with van der Waals surface area (Å²) in [5, 5.41) is 0.751. The average Bonchev–Trinajstić information content (AvgIpc) is 3.04. The van der Waals surface area contributed by atoms with Crippen LogP contribution in [0.15, 0.2) is 94.8 Å². The van der Waals surface area contributed by atoms with Crippen LogP contribution in [0.1, 0.15) is 22.3 Å². The number of nitrogens with zero attached hydrogens (tertiary/aromatic N) is 2. The summed E-state index contributed by atoms with van der Waals surface area (Å²) in [5.41, 5.74) is 4.44. The first-order valence-corrected chi connectivity index (χ1v) is 10.4. The van der Waals surface area contributed by atoms with Crippen molar-refractivity contribution < 1.29 is 4.79 Å². The lowest BCUT2D eigenvalue weighted by Gasteiger charge is -2.15. The Bertz CT molecular complexity index is 1040. The number of thioether (sulfide) groups is 1. The fourth-order valence-corrected chi connectivity index (χ4v) is 4.06. The Labute approximate surface area is 175 Å². The molecule has 1 saturated heterocycles. The summed E-state index contributed by atoms with van der Waals surface area (Å²) in [4.78, 5) is 20.4. The number of benzene rings is 3. The zero-order chi connectivity index (χ0) is 20.1. The van der Waals surface area contributed by atoms with E-state index in [2.05, 4.69) is 31.2 Å². The minimum absolute atomic E-state index is 0.00578. The maximum Gasteiger partial charge on any atom is 0.267 e. The predicted molar refractivity (Wildman–Crippen MR) is 121 cm³/mol. The zero-order valence-corrected chi connectivity index (χ0v) is 17.1. The van der Waals surface area contributed by atoms with Crippen molar-refractivity contribution in [3.8, 4) is 0 Å². The van der Waals surface area contributed by atoms with Gasteiger partial charge >= 0.3 is 0 Å². The zero-order valence-electron chi connectivity index (χ0n) is 16.3. The lowest BCUT2D eigenvalue weighted by atomic mass is 10.1. The minimum Gasteiger partial charge on any atom is -0.282 e. The molecule has 29 heavy (non-hydrogen) atoms. The minimum atomic E-state index is 0.00578. The highest BCUT2D eigenvalue weighted by molar-refractivity contribution is 8.18. The van der Waals surface area contributed by atoms with E-state index in [4.69, 9.17) is 4.99 Å². The molecule has 0 spiro atoms. The van der Waals surface area contributed by atoms with Crippen LogP contribution in [-0.4, -0.2) is 16.0 Å². The van der Waals surface area contributed by atoms with Gasteiger partial charge in [-0.15, -0.1) is 0 Å². The molecule has 0 saturated carbocycles. The molecule has 0 N–H and O–H groups in total. The second kappa shape index (κ2) is 8.93. The van der Waals surface area contributed by atoms with E-state index in [1.807, 2.05) is 66.7 Å². The highest BCUT2D eigenvalue weighted by Crippen LogP contribution is 2.34. The third kappa shape index (κ3) is 4.84. The molecule has 0 aliphatic carbocycles. The second-order valence-corrected chi connectivity index (χ2v) is 7.99. The van der Waals surface area contributed by atoms with Gasteiger partial charge in [0.25, 0.3) is 5.91 Å². The van der Waals surface area contributed by atoms with Crippen LogP contribution in [0.5, 0.6) is 0 Å². The van der Waals surface area contributed by atoms with E-state index in [-0.39, 0.29) is 5.91 Å². The van der Waals surface area contributed by atoms with Crippen LogP contribution in [0.4, 0.5) is 0 Å². The lowest BCUT2D eigenvalue weighted by molar-refractivity contribution is -0.122. The third-order valence-corrected chi connectivity index (χ3v) is 5.73. The molecule has 1 aliphatic heterocycles. The molecule has 0 aromatic heterocycles. The fourth-order valence-electron chi connectivity index (χ4n) is 3.09. The molecule has 1 fully saturated rings. The number of rotatable bonds is 5. The smallest absolute Gasteiger partial charge is 0.267 e. The van der Waals surface area contributed by atoms with E-state index in [1.54, 1.807) is 4.90 Å². The molecule has 1 amide bonds. The maximum absolute atomic E-state index is 13.2. The van der Waals surface area contributed by atoms with E-state index in [9.17, 15) is 4.79 Å². The van der Waals surface area contributed by atoms with Crippen molar-refractivity contribution in [1.29, 1.82) is 0 Å². The Kier molecular flexibility index (Phi) is 5.92. The summed E-state index contributed by atoms with van der Waals surface area (Å²) in [6.45, 7) is 3.13. The van der Waals surface area contributed by atoms with Crippen LogP contribution < -0.4 is 0 Å². The number of amides is 1. The van der Waals surface area contributed by atoms with Gasteiger partial charge in [0.1, 0.15) is 0 Å². The summed E-state index contributed by atoms with van der Waals surface area (Å²) in [6, 6.07) is 28.3. The molecule has 3 aromatic rings. The van der Waals surface area contributed by atoms with Crippen molar-refractivity contribution >= 4 is 28.9 Å². The van der Waals surface area contributed by atoms with Gasteiger partial charge in [-0.2, -0.15) is 0 Å². The topological polar surface area (TPSA) is 32.7 Å². The van der Waals surface area contributed by atoms with Gasteiger partial charge < -0.3 is 0 Å². The van der Waals surface area contributed by atoms with Gasteiger partial charge in [-0.1, -0.05) is 90.5 Å². The van der Waals surface area contributed by atoms with Gasteiger partial charge in [0.05, 0.1) is 18.0 Å². The molecule has 4 rings (SSSR count). The molecule has 0 atom stereocenters. The van der Waals surface area contributed by atoms with Crippen LogP contribution in [-0.2, 0) is 17.9 Å². The Morgan fingerprint density at radius 3 is 2.14 bits per heavy atom. The summed E-state index contributed by atoms with van der Waals surface area (Å²) in [7, 11) is 0. The summed E-state index contributed by atoms with van der Waals surface area (Å²) >= 11 is 1.45. The van der Waals surface area contributed by atoms with Gasteiger partial charge in [0, 0.05) is 0 Å². The van der Waals surface area contributed by atoms with Crippen molar-refractivity contribution in [2.24, 2.45) is 4.99 Å². The molecule has 0 radical (unpaired) electrons. The van der Waals surface area contributed by atoms with Crippen molar-refractivity contribution in [1.82, 2.24) is 4.90 Å².